The highest BCUT2D eigenvalue weighted by Crippen LogP contribution is 2.16. The fraction of sp³-hybridized carbons (Fsp3) is 1.00. The molecule has 13 heavy (non-hydrogen) atoms. The van der Waals surface area contributed by atoms with Crippen LogP contribution >= 0.6 is 0 Å². The van der Waals surface area contributed by atoms with Gasteiger partial charge in [-0.25, -0.2) is 0 Å². The van der Waals surface area contributed by atoms with Gasteiger partial charge in [-0.3, -0.25) is 0 Å². The minimum absolute atomic E-state index is 0.260. The van der Waals surface area contributed by atoms with Crippen LogP contribution in [0.25, 0.3) is 0 Å². The van der Waals surface area contributed by atoms with Gasteiger partial charge in [0.05, 0.1) is 13.2 Å². The fourth-order valence-corrected chi connectivity index (χ4v) is 0.311. The molecular weight excluding hydrogens is 182 g/mol. The van der Waals surface area contributed by atoms with Crippen molar-refractivity contribution in [1.29, 1.82) is 0 Å². The van der Waals surface area contributed by atoms with Crippen LogP contribution in [0.15, 0.2) is 0 Å². The summed E-state index contributed by atoms with van der Waals surface area (Å²) in [5, 5.41) is 0. The van der Waals surface area contributed by atoms with Gasteiger partial charge >= 0.3 is 6.11 Å². The zero-order valence-corrected chi connectivity index (χ0v) is 8.60. The van der Waals surface area contributed by atoms with Crippen LogP contribution in [0.3, 0.4) is 0 Å². The molecule has 0 saturated heterocycles. The van der Waals surface area contributed by atoms with Crippen LogP contribution in [0.5, 0.6) is 0 Å². The Morgan fingerprint density at radius 1 is 1.00 bits per heavy atom. The van der Waals surface area contributed by atoms with Crippen LogP contribution in [0, 0.1) is 0 Å². The number of ether oxygens (including phenoxy) is 3. The van der Waals surface area contributed by atoms with E-state index in [4.69, 9.17) is 0 Å². The predicted octanol–water partition coefficient (Wildman–Crippen LogP) is 1.91. The van der Waals surface area contributed by atoms with Crippen molar-refractivity contribution in [2.24, 2.45) is 0 Å². The molecular formula is C8H18F2O3. The monoisotopic (exact) mass is 200 g/mol. The third-order valence-electron chi connectivity index (χ3n) is 1.20. The first-order chi connectivity index (χ1) is 6.04. The van der Waals surface area contributed by atoms with E-state index in [0.717, 1.165) is 7.11 Å². The molecule has 0 aliphatic carbocycles. The molecule has 0 rings (SSSR count). The van der Waals surface area contributed by atoms with Crippen molar-refractivity contribution >= 4 is 0 Å². The van der Waals surface area contributed by atoms with E-state index < -0.39 is 6.11 Å². The van der Waals surface area contributed by atoms with E-state index in [9.17, 15) is 8.78 Å². The van der Waals surface area contributed by atoms with Crippen molar-refractivity contribution < 1.29 is 23.0 Å². The van der Waals surface area contributed by atoms with E-state index in [-0.39, 0.29) is 6.42 Å². The molecule has 82 valence electrons. The largest absolute Gasteiger partial charge is 0.382 e. The zero-order valence-electron chi connectivity index (χ0n) is 8.60. The minimum Gasteiger partial charge on any atom is -0.382 e. The molecule has 0 saturated carbocycles. The Balaban J connectivity index is 0. The third-order valence-corrected chi connectivity index (χ3v) is 1.20. The molecule has 0 amide bonds. The lowest BCUT2D eigenvalue weighted by molar-refractivity contribution is -0.222. The summed E-state index contributed by atoms with van der Waals surface area (Å²) >= 11 is 0. The standard InChI is InChI=1S/C4H8F2O.C4H10O2/c1-3-4(5,6)7-2;1-5-3-4-6-2/h3H2,1-2H3;3-4H2,1-2H3. The van der Waals surface area contributed by atoms with Crippen LogP contribution in [-0.2, 0) is 14.2 Å². The van der Waals surface area contributed by atoms with Crippen LogP contribution in [0.1, 0.15) is 13.3 Å². The predicted molar refractivity (Wildman–Crippen MR) is 46.0 cm³/mol. The first kappa shape index (κ1) is 15.2. The van der Waals surface area contributed by atoms with E-state index in [0.29, 0.717) is 13.2 Å². The third kappa shape index (κ3) is 14.6. The Hall–Kier alpha value is -0.260. The van der Waals surface area contributed by atoms with Crippen LogP contribution < -0.4 is 0 Å². The molecule has 0 bridgehead atoms. The number of hydrogen-bond donors (Lipinski definition) is 0. The molecule has 0 aromatic carbocycles. The summed E-state index contributed by atoms with van der Waals surface area (Å²) in [7, 11) is 4.29. The van der Waals surface area contributed by atoms with Crippen LogP contribution in [-0.4, -0.2) is 40.7 Å². The molecule has 0 heterocycles. The van der Waals surface area contributed by atoms with Crippen molar-refractivity contribution in [3.63, 3.8) is 0 Å². The molecule has 3 nitrogen and oxygen atoms in total. The molecule has 0 atom stereocenters. The van der Waals surface area contributed by atoms with Gasteiger partial charge in [0.15, 0.2) is 0 Å². The van der Waals surface area contributed by atoms with E-state index in [1.165, 1.54) is 6.92 Å². The summed E-state index contributed by atoms with van der Waals surface area (Å²) in [5.74, 6) is 0. The van der Waals surface area contributed by atoms with Crippen molar-refractivity contribution in [2.45, 2.75) is 19.5 Å². The Morgan fingerprint density at radius 3 is 1.46 bits per heavy atom. The number of halogens is 2. The number of rotatable bonds is 5. The number of alkyl halides is 2. The molecule has 0 spiro atoms. The fourth-order valence-electron chi connectivity index (χ4n) is 0.311. The van der Waals surface area contributed by atoms with E-state index in [1.807, 2.05) is 0 Å². The van der Waals surface area contributed by atoms with Gasteiger partial charge in [0, 0.05) is 27.8 Å². The molecule has 0 unspecified atom stereocenters. The van der Waals surface area contributed by atoms with Gasteiger partial charge in [-0.2, -0.15) is 8.78 Å². The Morgan fingerprint density at radius 2 is 1.38 bits per heavy atom. The maximum absolute atomic E-state index is 11.7. The highest BCUT2D eigenvalue weighted by atomic mass is 19.3. The Labute approximate surface area is 78.0 Å². The van der Waals surface area contributed by atoms with Crippen molar-refractivity contribution in [1.82, 2.24) is 0 Å². The smallest absolute Gasteiger partial charge is 0.355 e. The quantitative estimate of drug-likeness (QED) is 0.634. The lowest BCUT2D eigenvalue weighted by atomic mass is 10.5. The lowest BCUT2D eigenvalue weighted by Gasteiger charge is -2.08. The van der Waals surface area contributed by atoms with E-state index in [1.54, 1.807) is 14.2 Å². The number of methoxy groups -OCH3 is 3. The van der Waals surface area contributed by atoms with E-state index in [2.05, 4.69) is 14.2 Å². The van der Waals surface area contributed by atoms with Gasteiger partial charge in [0.1, 0.15) is 0 Å². The van der Waals surface area contributed by atoms with Gasteiger partial charge in [0.25, 0.3) is 0 Å². The molecule has 0 aromatic rings. The van der Waals surface area contributed by atoms with Gasteiger partial charge in [-0.05, 0) is 0 Å². The molecule has 0 fully saturated rings. The highest BCUT2D eigenvalue weighted by molar-refractivity contribution is 4.42. The average molecular weight is 200 g/mol. The molecule has 0 aliphatic heterocycles. The second kappa shape index (κ2) is 9.83. The molecule has 0 radical (unpaired) electrons. The van der Waals surface area contributed by atoms with E-state index >= 15 is 0 Å². The van der Waals surface area contributed by atoms with Crippen molar-refractivity contribution in [2.75, 3.05) is 34.5 Å². The van der Waals surface area contributed by atoms with Gasteiger partial charge in [-0.1, -0.05) is 6.92 Å². The maximum Gasteiger partial charge on any atom is 0.355 e. The van der Waals surface area contributed by atoms with Crippen molar-refractivity contribution in [3.8, 4) is 0 Å². The maximum atomic E-state index is 11.7. The summed E-state index contributed by atoms with van der Waals surface area (Å²) in [4.78, 5) is 0. The molecule has 0 aromatic heterocycles. The SMILES string of the molecule is CCC(F)(F)OC.COCCOC. The normalized spacial score (nSPS) is 10.6. The zero-order chi connectivity index (χ0) is 10.7. The summed E-state index contributed by atoms with van der Waals surface area (Å²) in [6.45, 7) is 2.75. The highest BCUT2D eigenvalue weighted by Gasteiger charge is 2.23. The second-order valence-corrected chi connectivity index (χ2v) is 2.18. The first-order valence-electron chi connectivity index (χ1n) is 3.94. The van der Waals surface area contributed by atoms with Gasteiger partial charge < -0.3 is 14.2 Å². The molecule has 0 N–H and O–H groups in total. The topological polar surface area (TPSA) is 27.7 Å². The lowest BCUT2D eigenvalue weighted by Crippen LogP contribution is -2.15. The van der Waals surface area contributed by atoms with Gasteiger partial charge in [-0.15, -0.1) is 0 Å². The number of hydrogen-bond acceptors (Lipinski definition) is 3. The van der Waals surface area contributed by atoms with Crippen molar-refractivity contribution in [3.05, 3.63) is 0 Å². The van der Waals surface area contributed by atoms with Gasteiger partial charge in [0.2, 0.25) is 0 Å². The Kier molecular flexibility index (Phi) is 11.5. The summed E-state index contributed by atoms with van der Waals surface area (Å²) in [6.07, 6.45) is -3.18. The molecule has 5 heteroatoms. The first-order valence-corrected chi connectivity index (χ1v) is 3.94. The van der Waals surface area contributed by atoms with Crippen LogP contribution in [0.4, 0.5) is 8.78 Å². The Bertz CT molecular complexity index is 89.4. The average Bonchev–Trinajstić information content (AvgIpc) is 2.16. The minimum atomic E-state index is -2.92. The molecule has 0 aliphatic rings. The summed E-state index contributed by atoms with van der Waals surface area (Å²) in [5.41, 5.74) is 0. The van der Waals surface area contributed by atoms with Crippen LogP contribution in [0.2, 0.25) is 0 Å². The summed E-state index contributed by atoms with van der Waals surface area (Å²) in [6, 6.07) is 0. The second-order valence-electron chi connectivity index (χ2n) is 2.18. The summed E-state index contributed by atoms with van der Waals surface area (Å²) < 4.78 is 36.4.